The van der Waals surface area contributed by atoms with Crippen molar-refractivity contribution in [3.8, 4) is 0 Å². The van der Waals surface area contributed by atoms with E-state index in [4.69, 9.17) is 0 Å². The summed E-state index contributed by atoms with van der Waals surface area (Å²) >= 11 is 0. The standard InChI is InChI=1S/C20H22N4O2/c25-19-14-17(20(26)24(19)15-16-6-2-1-3-7-16)22-10-12-23(13-11-22)18-8-4-5-9-21-18/h1-9,17H,10-15H2. The number of hydrogen-bond acceptors (Lipinski definition) is 5. The number of benzene rings is 1. The zero-order chi connectivity index (χ0) is 17.9. The predicted octanol–water partition coefficient (Wildman–Crippen LogP) is 1.53. The number of amides is 2. The number of anilines is 1. The van der Waals surface area contributed by atoms with Crippen LogP contribution < -0.4 is 4.90 Å². The van der Waals surface area contributed by atoms with Crippen molar-refractivity contribution in [2.75, 3.05) is 31.1 Å². The van der Waals surface area contributed by atoms with E-state index in [0.717, 1.165) is 37.6 Å². The molecule has 6 heteroatoms. The van der Waals surface area contributed by atoms with Crippen molar-refractivity contribution in [1.82, 2.24) is 14.8 Å². The maximum Gasteiger partial charge on any atom is 0.247 e. The van der Waals surface area contributed by atoms with Gasteiger partial charge in [-0.3, -0.25) is 19.4 Å². The molecule has 0 spiro atoms. The second kappa shape index (κ2) is 7.25. The second-order valence-corrected chi connectivity index (χ2v) is 6.73. The molecule has 6 nitrogen and oxygen atoms in total. The van der Waals surface area contributed by atoms with Gasteiger partial charge in [-0.25, -0.2) is 4.98 Å². The van der Waals surface area contributed by atoms with Crippen molar-refractivity contribution in [2.24, 2.45) is 0 Å². The molecule has 1 aromatic heterocycles. The molecule has 134 valence electrons. The summed E-state index contributed by atoms with van der Waals surface area (Å²) in [4.78, 5) is 35.4. The highest BCUT2D eigenvalue weighted by atomic mass is 16.2. The molecule has 2 aliphatic rings. The third-order valence-corrected chi connectivity index (χ3v) is 5.13. The smallest absolute Gasteiger partial charge is 0.247 e. The van der Waals surface area contributed by atoms with Crippen LogP contribution in [-0.2, 0) is 16.1 Å². The van der Waals surface area contributed by atoms with Crippen LogP contribution in [0.3, 0.4) is 0 Å². The lowest BCUT2D eigenvalue weighted by Gasteiger charge is -2.37. The van der Waals surface area contributed by atoms with E-state index in [-0.39, 0.29) is 24.3 Å². The van der Waals surface area contributed by atoms with E-state index in [2.05, 4.69) is 14.8 Å². The van der Waals surface area contributed by atoms with E-state index in [1.54, 1.807) is 6.20 Å². The molecule has 4 rings (SSSR count). The Hall–Kier alpha value is -2.73. The van der Waals surface area contributed by atoms with E-state index in [0.29, 0.717) is 6.54 Å². The van der Waals surface area contributed by atoms with Gasteiger partial charge in [-0.15, -0.1) is 0 Å². The summed E-state index contributed by atoms with van der Waals surface area (Å²) in [7, 11) is 0. The SMILES string of the molecule is O=C1CC(N2CCN(c3ccccn3)CC2)C(=O)N1Cc1ccccc1. The predicted molar refractivity (Wildman–Crippen MR) is 98.4 cm³/mol. The van der Waals surface area contributed by atoms with Crippen LogP contribution in [-0.4, -0.2) is 58.8 Å². The Morgan fingerprint density at radius 2 is 1.65 bits per heavy atom. The Labute approximate surface area is 153 Å². The number of carbonyl (C=O) groups excluding carboxylic acids is 2. The molecule has 1 atom stereocenters. The fraction of sp³-hybridized carbons (Fsp3) is 0.350. The maximum atomic E-state index is 12.8. The van der Waals surface area contributed by atoms with Crippen LogP contribution in [0.4, 0.5) is 5.82 Å². The van der Waals surface area contributed by atoms with E-state index >= 15 is 0 Å². The van der Waals surface area contributed by atoms with Gasteiger partial charge in [-0.05, 0) is 17.7 Å². The molecular formula is C20H22N4O2. The van der Waals surface area contributed by atoms with Crippen LogP contribution in [0.15, 0.2) is 54.7 Å². The molecular weight excluding hydrogens is 328 g/mol. The quantitative estimate of drug-likeness (QED) is 0.783. The number of hydrogen-bond donors (Lipinski definition) is 0. The van der Waals surface area contributed by atoms with Gasteiger partial charge in [-0.2, -0.15) is 0 Å². The van der Waals surface area contributed by atoms with E-state index in [9.17, 15) is 9.59 Å². The average molecular weight is 350 g/mol. The highest BCUT2D eigenvalue weighted by Crippen LogP contribution is 2.23. The first-order valence-electron chi connectivity index (χ1n) is 9.00. The minimum absolute atomic E-state index is 0.0647. The topological polar surface area (TPSA) is 56.8 Å². The lowest BCUT2D eigenvalue weighted by Crippen LogP contribution is -2.52. The summed E-state index contributed by atoms with van der Waals surface area (Å²) in [6.07, 6.45) is 2.08. The van der Waals surface area contributed by atoms with Crippen LogP contribution in [0.25, 0.3) is 0 Å². The van der Waals surface area contributed by atoms with Crippen molar-refractivity contribution in [2.45, 2.75) is 19.0 Å². The van der Waals surface area contributed by atoms with Crippen molar-refractivity contribution >= 4 is 17.6 Å². The fourth-order valence-electron chi connectivity index (χ4n) is 3.69. The summed E-state index contributed by atoms with van der Waals surface area (Å²) in [5, 5.41) is 0. The van der Waals surface area contributed by atoms with Gasteiger partial charge in [-0.1, -0.05) is 36.4 Å². The van der Waals surface area contributed by atoms with E-state index in [1.807, 2.05) is 48.5 Å². The third kappa shape index (κ3) is 3.32. The van der Waals surface area contributed by atoms with Crippen LogP contribution in [0.5, 0.6) is 0 Å². The Balaban J connectivity index is 1.38. The second-order valence-electron chi connectivity index (χ2n) is 6.73. The molecule has 2 amide bonds. The van der Waals surface area contributed by atoms with Crippen LogP contribution in [0.1, 0.15) is 12.0 Å². The number of imide groups is 1. The molecule has 0 radical (unpaired) electrons. The Kier molecular flexibility index (Phi) is 4.67. The third-order valence-electron chi connectivity index (χ3n) is 5.13. The van der Waals surface area contributed by atoms with Gasteiger partial charge in [0.2, 0.25) is 11.8 Å². The van der Waals surface area contributed by atoms with E-state index in [1.165, 1.54) is 4.90 Å². The van der Waals surface area contributed by atoms with Crippen molar-refractivity contribution in [3.63, 3.8) is 0 Å². The number of pyridine rings is 1. The summed E-state index contributed by atoms with van der Waals surface area (Å²) < 4.78 is 0. The summed E-state index contributed by atoms with van der Waals surface area (Å²) in [5.74, 6) is 0.827. The maximum absolute atomic E-state index is 12.8. The Bertz CT molecular complexity index is 773. The largest absolute Gasteiger partial charge is 0.354 e. The molecule has 0 saturated carbocycles. The number of nitrogens with zero attached hydrogens (tertiary/aromatic N) is 4. The first-order valence-corrected chi connectivity index (χ1v) is 9.00. The number of piperazine rings is 1. The first kappa shape index (κ1) is 16.7. The molecule has 1 aromatic carbocycles. The molecule has 3 heterocycles. The van der Waals surface area contributed by atoms with Crippen molar-refractivity contribution in [1.29, 1.82) is 0 Å². The lowest BCUT2D eigenvalue weighted by atomic mass is 10.1. The minimum atomic E-state index is -0.322. The molecule has 2 saturated heterocycles. The van der Waals surface area contributed by atoms with Crippen LogP contribution in [0, 0.1) is 0 Å². The monoisotopic (exact) mass is 350 g/mol. The van der Waals surface area contributed by atoms with E-state index < -0.39 is 0 Å². The number of likely N-dealkylation sites (tertiary alicyclic amines) is 1. The highest BCUT2D eigenvalue weighted by Gasteiger charge is 2.42. The summed E-state index contributed by atoms with van der Waals surface area (Å²) in [5.41, 5.74) is 0.981. The molecule has 0 aliphatic carbocycles. The number of rotatable bonds is 4. The molecule has 0 N–H and O–H groups in total. The Morgan fingerprint density at radius 1 is 0.923 bits per heavy atom. The molecule has 1 unspecified atom stereocenters. The molecule has 2 aliphatic heterocycles. The molecule has 0 bridgehead atoms. The van der Waals surface area contributed by atoms with Gasteiger partial charge in [0.1, 0.15) is 5.82 Å². The van der Waals surface area contributed by atoms with Gasteiger partial charge < -0.3 is 4.90 Å². The summed E-state index contributed by atoms with van der Waals surface area (Å²) in [6.45, 7) is 3.52. The summed E-state index contributed by atoms with van der Waals surface area (Å²) in [6, 6.07) is 15.2. The van der Waals surface area contributed by atoms with Gasteiger partial charge in [0, 0.05) is 32.4 Å². The number of aromatic nitrogens is 1. The number of carbonyl (C=O) groups is 2. The normalized spacial score (nSPS) is 21.5. The molecule has 2 fully saturated rings. The highest BCUT2D eigenvalue weighted by molar-refractivity contribution is 6.05. The van der Waals surface area contributed by atoms with Gasteiger partial charge in [0.15, 0.2) is 0 Å². The van der Waals surface area contributed by atoms with Crippen molar-refractivity contribution < 1.29 is 9.59 Å². The van der Waals surface area contributed by atoms with Crippen molar-refractivity contribution in [3.05, 3.63) is 60.3 Å². The van der Waals surface area contributed by atoms with Crippen LogP contribution >= 0.6 is 0 Å². The Morgan fingerprint density at radius 3 is 2.35 bits per heavy atom. The molecule has 2 aromatic rings. The average Bonchev–Trinajstić information content (AvgIpc) is 2.98. The van der Waals surface area contributed by atoms with Gasteiger partial charge >= 0.3 is 0 Å². The zero-order valence-corrected chi connectivity index (χ0v) is 14.6. The molecule has 26 heavy (non-hydrogen) atoms. The first-order chi connectivity index (χ1) is 12.7. The lowest BCUT2D eigenvalue weighted by molar-refractivity contribution is -0.140. The fourth-order valence-corrected chi connectivity index (χ4v) is 3.69. The van der Waals surface area contributed by atoms with Crippen LogP contribution in [0.2, 0.25) is 0 Å². The minimum Gasteiger partial charge on any atom is -0.354 e. The zero-order valence-electron chi connectivity index (χ0n) is 14.6. The van der Waals surface area contributed by atoms with Gasteiger partial charge in [0.25, 0.3) is 0 Å². The van der Waals surface area contributed by atoms with Gasteiger partial charge in [0.05, 0.1) is 19.0 Å².